The van der Waals surface area contributed by atoms with Crippen LogP contribution in [0.15, 0.2) is 77.6 Å². The zero-order valence-corrected chi connectivity index (χ0v) is 14.2. The summed E-state index contributed by atoms with van der Waals surface area (Å²) >= 11 is 6.22. The predicted octanol–water partition coefficient (Wildman–Crippen LogP) is 4.92. The summed E-state index contributed by atoms with van der Waals surface area (Å²) in [4.78, 5) is 17.6. The minimum Gasteiger partial charge on any atom is -0.324 e. The van der Waals surface area contributed by atoms with Crippen molar-refractivity contribution in [2.24, 2.45) is 0 Å². The van der Waals surface area contributed by atoms with Gasteiger partial charge in [0.15, 0.2) is 0 Å². The van der Waals surface area contributed by atoms with Gasteiger partial charge in [-0.25, -0.2) is 13.9 Å². The highest BCUT2D eigenvalue weighted by Gasteiger charge is 2.14. The lowest BCUT2D eigenvalue weighted by molar-refractivity contribution is 0.629. The standard InChI is InChI=1S/C20H13ClFN3O/c21-16-8-4-5-9-18(16)24-20-23-17-11-10-13(22)12-15(17)19(26)25(20)14-6-2-1-3-7-14/h1-12H,(H,23,24). The van der Waals surface area contributed by atoms with Crippen molar-refractivity contribution < 1.29 is 4.39 Å². The smallest absolute Gasteiger partial charge is 0.267 e. The molecule has 0 fully saturated rings. The molecule has 0 bridgehead atoms. The van der Waals surface area contributed by atoms with Gasteiger partial charge in [0.1, 0.15) is 5.82 Å². The van der Waals surface area contributed by atoms with Crippen LogP contribution in [-0.4, -0.2) is 9.55 Å². The number of para-hydroxylation sites is 2. The third-order valence-corrected chi connectivity index (χ3v) is 4.29. The third-order valence-electron chi connectivity index (χ3n) is 3.96. The summed E-state index contributed by atoms with van der Waals surface area (Å²) in [5.74, 6) is -0.184. The Morgan fingerprint density at radius 3 is 2.46 bits per heavy atom. The first-order valence-electron chi connectivity index (χ1n) is 7.93. The molecule has 26 heavy (non-hydrogen) atoms. The minimum absolute atomic E-state index is 0.207. The Balaban J connectivity index is 2.00. The number of hydrogen-bond donors (Lipinski definition) is 1. The maximum absolute atomic E-state index is 13.6. The lowest BCUT2D eigenvalue weighted by Crippen LogP contribution is -2.23. The van der Waals surface area contributed by atoms with Crippen molar-refractivity contribution in [3.8, 4) is 5.69 Å². The fraction of sp³-hybridized carbons (Fsp3) is 0. The normalized spacial score (nSPS) is 10.8. The second kappa shape index (κ2) is 6.61. The maximum Gasteiger partial charge on any atom is 0.267 e. The quantitative estimate of drug-likeness (QED) is 0.560. The van der Waals surface area contributed by atoms with Gasteiger partial charge in [0.05, 0.1) is 27.3 Å². The Morgan fingerprint density at radius 1 is 0.962 bits per heavy atom. The van der Waals surface area contributed by atoms with Crippen molar-refractivity contribution >= 4 is 34.1 Å². The van der Waals surface area contributed by atoms with Crippen molar-refractivity contribution in [1.82, 2.24) is 9.55 Å². The largest absolute Gasteiger partial charge is 0.324 e. The number of hydrogen-bond acceptors (Lipinski definition) is 3. The van der Waals surface area contributed by atoms with Gasteiger partial charge in [-0.1, -0.05) is 41.9 Å². The van der Waals surface area contributed by atoms with Crippen LogP contribution in [0.1, 0.15) is 0 Å². The number of benzene rings is 3. The molecule has 6 heteroatoms. The molecule has 0 saturated carbocycles. The second-order valence-corrected chi connectivity index (χ2v) is 6.09. The monoisotopic (exact) mass is 365 g/mol. The molecule has 0 atom stereocenters. The van der Waals surface area contributed by atoms with E-state index in [0.717, 1.165) is 0 Å². The summed E-state index contributed by atoms with van der Waals surface area (Å²) in [6.45, 7) is 0. The van der Waals surface area contributed by atoms with E-state index in [9.17, 15) is 9.18 Å². The van der Waals surface area contributed by atoms with Crippen LogP contribution >= 0.6 is 11.6 Å². The van der Waals surface area contributed by atoms with Crippen LogP contribution in [0.4, 0.5) is 16.0 Å². The van der Waals surface area contributed by atoms with E-state index in [0.29, 0.717) is 27.9 Å². The number of halogens is 2. The predicted molar refractivity (Wildman–Crippen MR) is 102 cm³/mol. The van der Waals surface area contributed by atoms with Gasteiger partial charge in [0.2, 0.25) is 5.95 Å². The highest BCUT2D eigenvalue weighted by molar-refractivity contribution is 6.33. The zero-order valence-electron chi connectivity index (χ0n) is 13.5. The van der Waals surface area contributed by atoms with Crippen molar-refractivity contribution in [1.29, 1.82) is 0 Å². The maximum atomic E-state index is 13.6. The van der Waals surface area contributed by atoms with E-state index in [2.05, 4.69) is 10.3 Å². The number of rotatable bonds is 3. The van der Waals surface area contributed by atoms with Gasteiger partial charge >= 0.3 is 0 Å². The molecule has 0 spiro atoms. The summed E-state index contributed by atoms with van der Waals surface area (Å²) in [5, 5.41) is 3.82. The molecule has 0 saturated heterocycles. The topological polar surface area (TPSA) is 46.9 Å². The Labute approximate surface area is 153 Å². The first kappa shape index (κ1) is 16.3. The molecule has 4 nitrogen and oxygen atoms in total. The van der Waals surface area contributed by atoms with Crippen LogP contribution in [0, 0.1) is 5.82 Å². The van der Waals surface area contributed by atoms with Gasteiger partial charge in [0, 0.05) is 0 Å². The number of fused-ring (bicyclic) bond motifs is 1. The summed E-state index contributed by atoms with van der Waals surface area (Å²) in [6, 6.07) is 20.2. The van der Waals surface area contributed by atoms with E-state index in [1.165, 1.54) is 22.8 Å². The first-order chi connectivity index (χ1) is 12.6. The Morgan fingerprint density at radius 2 is 1.69 bits per heavy atom. The van der Waals surface area contributed by atoms with Crippen molar-refractivity contribution in [3.63, 3.8) is 0 Å². The molecule has 0 aliphatic heterocycles. The molecule has 128 valence electrons. The molecule has 4 rings (SSSR count). The van der Waals surface area contributed by atoms with Gasteiger partial charge in [-0.05, 0) is 42.5 Å². The van der Waals surface area contributed by atoms with Crippen LogP contribution in [0.25, 0.3) is 16.6 Å². The first-order valence-corrected chi connectivity index (χ1v) is 8.30. The van der Waals surface area contributed by atoms with Crippen LogP contribution in [0.3, 0.4) is 0 Å². The molecular weight excluding hydrogens is 353 g/mol. The zero-order chi connectivity index (χ0) is 18.1. The van der Waals surface area contributed by atoms with Gasteiger partial charge in [-0.15, -0.1) is 0 Å². The summed E-state index contributed by atoms with van der Waals surface area (Å²) in [7, 11) is 0. The molecule has 1 aromatic heterocycles. The summed E-state index contributed by atoms with van der Waals surface area (Å²) in [5.41, 5.74) is 1.27. The summed E-state index contributed by atoms with van der Waals surface area (Å²) in [6.07, 6.45) is 0. The second-order valence-electron chi connectivity index (χ2n) is 5.68. The van der Waals surface area contributed by atoms with E-state index >= 15 is 0 Å². The van der Waals surface area contributed by atoms with E-state index in [1.54, 1.807) is 24.3 Å². The van der Waals surface area contributed by atoms with E-state index in [1.807, 2.05) is 30.3 Å². The van der Waals surface area contributed by atoms with Crippen molar-refractivity contribution in [3.05, 3.63) is 94.0 Å². The van der Waals surface area contributed by atoms with Gasteiger partial charge in [-0.3, -0.25) is 4.79 Å². The minimum atomic E-state index is -0.483. The molecular formula is C20H13ClFN3O. The van der Waals surface area contributed by atoms with Crippen molar-refractivity contribution in [2.75, 3.05) is 5.32 Å². The lowest BCUT2D eigenvalue weighted by Gasteiger charge is -2.15. The SMILES string of the molecule is O=c1c2cc(F)ccc2nc(Nc2ccccc2Cl)n1-c1ccccc1. The van der Waals surface area contributed by atoms with Crippen molar-refractivity contribution in [2.45, 2.75) is 0 Å². The number of anilines is 2. The van der Waals surface area contributed by atoms with Gasteiger partial charge in [0.25, 0.3) is 5.56 Å². The van der Waals surface area contributed by atoms with Crippen LogP contribution in [-0.2, 0) is 0 Å². The Bertz CT molecular complexity index is 1160. The molecule has 0 amide bonds. The van der Waals surface area contributed by atoms with Crippen LogP contribution in [0.2, 0.25) is 5.02 Å². The average Bonchev–Trinajstić information content (AvgIpc) is 2.65. The van der Waals surface area contributed by atoms with Crippen LogP contribution < -0.4 is 10.9 Å². The number of aromatic nitrogens is 2. The fourth-order valence-electron chi connectivity index (χ4n) is 2.74. The van der Waals surface area contributed by atoms with E-state index in [-0.39, 0.29) is 10.9 Å². The average molecular weight is 366 g/mol. The molecule has 4 aromatic rings. The number of nitrogens with one attached hydrogen (secondary N) is 1. The molecule has 1 heterocycles. The molecule has 3 aromatic carbocycles. The number of nitrogens with zero attached hydrogens (tertiary/aromatic N) is 2. The van der Waals surface area contributed by atoms with E-state index in [4.69, 9.17) is 11.6 Å². The summed E-state index contributed by atoms with van der Waals surface area (Å²) < 4.78 is 15.0. The van der Waals surface area contributed by atoms with Gasteiger partial charge in [-0.2, -0.15) is 0 Å². The molecule has 0 aliphatic rings. The molecule has 0 unspecified atom stereocenters. The third kappa shape index (κ3) is 2.93. The van der Waals surface area contributed by atoms with Crippen LogP contribution in [0.5, 0.6) is 0 Å². The Hall–Kier alpha value is -3.18. The Kier molecular flexibility index (Phi) is 4.14. The fourth-order valence-corrected chi connectivity index (χ4v) is 2.92. The molecule has 0 aliphatic carbocycles. The molecule has 1 N–H and O–H groups in total. The molecule has 0 radical (unpaired) electrons. The lowest BCUT2D eigenvalue weighted by atomic mass is 10.2. The van der Waals surface area contributed by atoms with E-state index < -0.39 is 5.82 Å². The highest BCUT2D eigenvalue weighted by Crippen LogP contribution is 2.25. The highest BCUT2D eigenvalue weighted by atomic mass is 35.5. The van der Waals surface area contributed by atoms with Gasteiger partial charge < -0.3 is 5.32 Å².